The van der Waals surface area contributed by atoms with E-state index in [1.54, 1.807) is 29.0 Å². The zero-order chi connectivity index (χ0) is 22.4. The summed E-state index contributed by atoms with van der Waals surface area (Å²) in [5, 5.41) is 16.2. The van der Waals surface area contributed by atoms with E-state index >= 15 is 0 Å². The number of pyridine rings is 1. The van der Waals surface area contributed by atoms with E-state index in [1.165, 1.54) is 0 Å². The van der Waals surface area contributed by atoms with Crippen molar-refractivity contribution in [2.45, 2.75) is 32.6 Å². The highest BCUT2D eigenvalue weighted by Gasteiger charge is 2.31. The van der Waals surface area contributed by atoms with E-state index in [-0.39, 0.29) is 11.8 Å². The molecule has 1 aliphatic rings. The first-order chi connectivity index (χ1) is 15.4. The van der Waals surface area contributed by atoms with Crippen molar-refractivity contribution in [3.63, 3.8) is 0 Å². The normalized spacial score (nSPS) is 16.1. The van der Waals surface area contributed by atoms with E-state index in [9.17, 15) is 4.79 Å². The number of aryl methyl sites for hydroxylation is 1. The number of hydrogen-bond donors (Lipinski definition) is 1. The van der Waals surface area contributed by atoms with E-state index in [1.807, 2.05) is 35.7 Å². The van der Waals surface area contributed by atoms with Crippen LogP contribution in [0.2, 0.25) is 0 Å². The first-order valence-electron chi connectivity index (χ1n) is 10.6. The molecular formula is C22H25N9O. The minimum absolute atomic E-state index is 0.0424. The van der Waals surface area contributed by atoms with Crippen molar-refractivity contribution in [2.24, 2.45) is 13.0 Å². The second-order valence-electron chi connectivity index (χ2n) is 8.57. The minimum Gasteiger partial charge on any atom is -0.309 e. The van der Waals surface area contributed by atoms with Crippen LogP contribution in [0.25, 0.3) is 16.9 Å². The fraction of sp³-hybridized carbons (Fsp3) is 0.364. The van der Waals surface area contributed by atoms with Crippen LogP contribution in [0.5, 0.6) is 0 Å². The average Bonchev–Trinajstić information content (AvgIpc) is 3.35. The third-order valence-electron chi connectivity index (χ3n) is 5.78. The lowest BCUT2D eigenvalue weighted by Crippen LogP contribution is -2.27. The van der Waals surface area contributed by atoms with Crippen molar-refractivity contribution in [1.82, 2.24) is 34.3 Å². The molecule has 0 unspecified atom stereocenters. The lowest BCUT2D eigenvalue weighted by Gasteiger charge is -2.18. The van der Waals surface area contributed by atoms with Crippen molar-refractivity contribution >= 4 is 29.1 Å². The molecule has 10 nitrogen and oxygen atoms in total. The molecule has 4 aromatic heterocycles. The quantitative estimate of drug-likeness (QED) is 0.517. The first kappa shape index (κ1) is 20.1. The molecule has 4 aromatic rings. The maximum absolute atomic E-state index is 12.9. The zero-order valence-electron chi connectivity index (χ0n) is 18.5. The van der Waals surface area contributed by atoms with Crippen LogP contribution in [0.3, 0.4) is 0 Å². The number of amides is 1. The molecule has 0 aliphatic carbocycles. The zero-order valence-corrected chi connectivity index (χ0v) is 18.5. The molecule has 5 heterocycles. The summed E-state index contributed by atoms with van der Waals surface area (Å²) < 4.78 is 3.71. The molecule has 0 saturated carbocycles. The van der Waals surface area contributed by atoms with Gasteiger partial charge in [-0.25, -0.2) is 9.97 Å². The summed E-state index contributed by atoms with van der Waals surface area (Å²) in [4.78, 5) is 23.6. The average molecular weight is 432 g/mol. The number of rotatable bonds is 5. The van der Waals surface area contributed by atoms with Crippen molar-refractivity contribution in [3.05, 3.63) is 42.5 Å². The van der Waals surface area contributed by atoms with Gasteiger partial charge in [0.05, 0.1) is 11.9 Å². The minimum atomic E-state index is 0.0424. The highest BCUT2D eigenvalue weighted by Crippen LogP contribution is 2.35. The first-order valence-corrected chi connectivity index (χ1v) is 10.6. The van der Waals surface area contributed by atoms with E-state index in [2.05, 4.69) is 44.4 Å². The Labute approximate surface area is 185 Å². The van der Waals surface area contributed by atoms with Crippen molar-refractivity contribution in [3.8, 4) is 11.3 Å². The molecule has 0 aromatic carbocycles. The predicted octanol–water partition coefficient (Wildman–Crippen LogP) is 3.16. The van der Waals surface area contributed by atoms with Gasteiger partial charge in [0.15, 0.2) is 5.65 Å². The van der Waals surface area contributed by atoms with Crippen LogP contribution in [-0.4, -0.2) is 47.3 Å². The number of nitrogens with one attached hydrogen (secondary N) is 1. The van der Waals surface area contributed by atoms with Gasteiger partial charge in [-0.1, -0.05) is 13.8 Å². The van der Waals surface area contributed by atoms with Crippen molar-refractivity contribution < 1.29 is 4.79 Å². The molecule has 1 atom stereocenters. The van der Waals surface area contributed by atoms with E-state index in [0.717, 1.165) is 35.1 Å². The van der Waals surface area contributed by atoms with Gasteiger partial charge in [0, 0.05) is 44.3 Å². The molecule has 1 aliphatic heterocycles. The number of carbonyl (C=O) groups is 1. The summed E-state index contributed by atoms with van der Waals surface area (Å²) in [6, 6.07) is 7.60. The molecule has 0 fully saturated rings. The fourth-order valence-electron chi connectivity index (χ4n) is 4.20. The van der Waals surface area contributed by atoms with Crippen LogP contribution in [0.4, 0.5) is 17.6 Å². The van der Waals surface area contributed by atoms with Gasteiger partial charge in [-0.05, 0) is 30.5 Å². The maximum Gasteiger partial charge on any atom is 0.228 e. The molecule has 1 N–H and O–H groups in total. The smallest absolute Gasteiger partial charge is 0.228 e. The summed E-state index contributed by atoms with van der Waals surface area (Å²) in [5.74, 6) is 3.40. The van der Waals surface area contributed by atoms with Gasteiger partial charge in [-0.3, -0.25) is 13.9 Å². The lowest BCUT2D eigenvalue weighted by atomic mass is 9.93. The van der Waals surface area contributed by atoms with E-state index < -0.39 is 0 Å². The maximum atomic E-state index is 12.9. The van der Waals surface area contributed by atoms with Gasteiger partial charge in [-0.2, -0.15) is 5.10 Å². The molecule has 10 heteroatoms. The second-order valence-corrected chi connectivity index (χ2v) is 8.57. The molecule has 32 heavy (non-hydrogen) atoms. The molecule has 1 amide bonds. The molecule has 164 valence electrons. The van der Waals surface area contributed by atoms with Crippen LogP contribution >= 0.6 is 0 Å². The third-order valence-corrected chi connectivity index (χ3v) is 5.78. The number of anilines is 3. The Kier molecular flexibility index (Phi) is 4.84. The summed E-state index contributed by atoms with van der Waals surface area (Å²) in [6.07, 6.45) is 4.71. The van der Waals surface area contributed by atoms with Crippen LogP contribution in [-0.2, 0) is 11.8 Å². The van der Waals surface area contributed by atoms with Gasteiger partial charge in [0.25, 0.3) is 0 Å². The Morgan fingerprint density at radius 2 is 2.00 bits per heavy atom. The predicted molar refractivity (Wildman–Crippen MR) is 121 cm³/mol. The summed E-state index contributed by atoms with van der Waals surface area (Å²) in [5.41, 5.74) is 2.25. The third kappa shape index (κ3) is 3.47. The monoisotopic (exact) mass is 431 g/mol. The summed E-state index contributed by atoms with van der Waals surface area (Å²) in [6.45, 7) is 4.32. The number of carbonyl (C=O) groups excluding carboxylic acids is 1. The Balaban J connectivity index is 1.59. The Bertz CT molecular complexity index is 1310. The van der Waals surface area contributed by atoms with Crippen LogP contribution < -0.4 is 10.2 Å². The second kappa shape index (κ2) is 7.70. The Morgan fingerprint density at radius 1 is 1.16 bits per heavy atom. The molecule has 0 saturated heterocycles. The summed E-state index contributed by atoms with van der Waals surface area (Å²) >= 11 is 0. The highest BCUT2D eigenvalue weighted by molar-refractivity contribution is 5.94. The topological polar surface area (TPSA) is 106 Å². The number of aromatic nitrogens is 7. The van der Waals surface area contributed by atoms with Gasteiger partial charge >= 0.3 is 0 Å². The fourth-order valence-corrected chi connectivity index (χ4v) is 4.20. The molecule has 0 radical (unpaired) electrons. The molecular weight excluding hydrogens is 406 g/mol. The SMILES string of the molecule is CC(C)C[C@H]1CC(=O)N(C)c2cc(-c3ccnc(Nc4ccnn4C)n3)cc3nnc1n23. The molecule has 5 rings (SSSR count). The number of hydrogen-bond acceptors (Lipinski definition) is 7. The standard InChI is InChI=1S/C22H25N9O/c1-13(2)9-15-12-20(32)29(3)19-11-14(10-18-27-28-21(15)31(18)19)16-5-7-23-22(25-16)26-17-6-8-24-30(17)4/h5-8,10-11,13,15H,9,12H2,1-4H3,(H,23,25,26)/t15-/m0/s1. The van der Waals surface area contributed by atoms with Gasteiger partial charge in [0.1, 0.15) is 17.5 Å². The molecule has 0 spiro atoms. The number of nitrogens with zero attached hydrogens (tertiary/aromatic N) is 8. The van der Waals surface area contributed by atoms with Crippen molar-refractivity contribution in [2.75, 3.05) is 17.3 Å². The molecule has 0 bridgehead atoms. The largest absolute Gasteiger partial charge is 0.309 e. The highest BCUT2D eigenvalue weighted by atomic mass is 16.2. The lowest BCUT2D eigenvalue weighted by molar-refractivity contribution is -0.118. The van der Waals surface area contributed by atoms with Crippen LogP contribution in [0, 0.1) is 5.92 Å². The van der Waals surface area contributed by atoms with E-state index in [4.69, 9.17) is 0 Å². The Morgan fingerprint density at radius 3 is 2.75 bits per heavy atom. The van der Waals surface area contributed by atoms with Crippen LogP contribution in [0.1, 0.15) is 38.4 Å². The van der Waals surface area contributed by atoms with Crippen molar-refractivity contribution in [1.29, 1.82) is 0 Å². The van der Waals surface area contributed by atoms with Gasteiger partial charge in [0.2, 0.25) is 11.9 Å². The Hall–Kier alpha value is -3.82. The van der Waals surface area contributed by atoms with E-state index in [0.29, 0.717) is 23.9 Å². The van der Waals surface area contributed by atoms with Crippen LogP contribution in [0.15, 0.2) is 36.7 Å². The summed E-state index contributed by atoms with van der Waals surface area (Å²) in [7, 11) is 3.65. The van der Waals surface area contributed by atoms with Gasteiger partial charge < -0.3 is 10.2 Å². The van der Waals surface area contributed by atoms with Gasteiger partial charge in [-0.15, -0.1) is 10.2 Å².